The van der Waals surface area contributed by atoms with Gasteiger partial charge in [0.05, 0.1) is 0 Å². The fourth-order valence-corrected chi connectivity index (χ4v) is 18.2. The van der Waals surface area contributed by atoms with Gasteiger partial charge in [-0.1, -0.05) is 191 Å². The molecule has 0 heterocycles. The van der Waals surface area contributed by atoms with E-state index in [9.17, 15) is 30.6 Å². The van der Waals surface area contributed by atoms with Gasteiger partial charge in [-0.2, -0.15) is 0 Å². The van der Waals surface area contributed by atoms with E-state index in [1.807, 2.05) is 0 Å². The normalized spacial score (nSPS) is 22.1. The topological polar surface area (TPSA) is 121 Å². The molecule has 7 aliphatic rings. The van der Waals surface area contributed by atoms with Crippen LogP contribution in [-0.4, -0.2) is 30.6 Å². The predicted octanol–water partition coefficient (Wildman–Crippen LogP) is 18.8. The maximum Gasteiger partial charge on any atom is 0.122 e. The van der Waals surface area contributed by atoms with Crippen LogP contribution >= 0.6 is 0 Å². The van der Waals surface area contributed by atoms with Gasteiger partial charge in [-0.3, -0.25) is 0 Å². The largest absolute Gasteiger partial charge is 0.507 e. The number of hydrogen-bond acceptors (Lipinski definition) is 6. The number of phenolic OH excluding ortho intramolecular Hbond substituents is 6. The molecule has 7 aliphatic carbocycles. The number of hydrogen-bond donors (Lipinski definition) is 6. The van der Waals surface area contributed by atoms with Gasteiger partial charge in [0, 0.05) is 38.5 Å². The Morgan fingerprint density at radius 1 is 0.190 bits per heavy atom. The van der Waals surface area contributed by atoms with E-state index in [0.29, 0.717) is 38.5 Å². The molecule has 0 atom stereocenters. The van der Waals surface area contributed by atoms with E-state index in [4.69, 9.17) is 0 Å². The van der Waals surface area contributed by atoms with Crippen molar-refractivity contribution in [3.05, 3.63) is 173 Å². The summed E-state index contributed by atoms with van der Waals surface area (Å²) in [4.78, 5) is 0. The van der Waals surface area contributed by atoms with Gasteiger partial charge in [0.15, 0.2) is 0 Å². The predicted molar refractivity (Wildman–Crippen MR) is 340 cm³/mol. The van der Waals surface area contributed by atoms with Gasteiger partial charge in [0.2, 0.25) is 0 Å². The molecule has 6 nitrogen and oxygen atoms in total. The first kappa shape index (κ1) is 57.2. The molecule has 0 amide bonds. The number of aromatic hydroxyl groups is 6. The highest BCUT2D eigenvalue weighted by atomic mass is 16.3. The molecule has 6 fully saturated rings. The highest BCUT2D eigenvalue weighted by Crippen LogP contribution is 2.52. The summed E-state index contributed by atoms with van der Waals surface area (Å²) in [6.45, 7) is 14.3. The fourth-order valence-electron chi connectivity index (χ4n) is 18.2. The number of fused-ring (bicyclic) bond motifs is 12. The first-order chi connectivity index (χ1) is 40.1. The minimum Gasteiger partial charge on any atom is -0.507 e. The summed E-state index contributed by atoms with van der Waals surface area (Å²) in [5.41, 5.74) is 16.1. The molecular formula is C78H96O6. The van der Waals surface area contributed by atoms with Gasteiger partial charge in [-0.25, -0.2) is 0 Å². The van der Waals surface area contributed by atoms with E-state index < -0.39 is 0 Å². The standard InChI is InChI=1S/C78H96O6/c1-73(19-7-8-20-73)61-37-49-31-51-39-62(74(2)21-9-10-22-74)41-53(68(51)80)33-55-43-64(76(4)25-13-14-26-76)45-57(70(55)82)35-59-47-66(78(6)29-17-18-30-78)48-60(72(59)84)36-58-46-65(77(5)27-15-16-28-77)44-56(71(58)83)34-54-42-63(75(3)23-11-12-24-75)40-52(69(54)81)32-50(38-61)67(49)79/h37-48,79-84H,7-36H2,1-6H3. The third-order valence-electron chi connectivity index (χ3n) is 24.3. The lowest BCUT2D eigenvalue weighted by atomic mass is 9.76. The Labute approximate surface area is 502 Å². The fraction of sp³-hybridized carbons (Fsp3) is 0.538. The molecule has 6 aromatic carbocycles. The van der Waals surface area contributed by atoms with Crippen molar-refractivity contribution in [2.75, 3.05) is 0 Å². The van der Waals surface area contributed by atoms with Gasteiger partial charge < -0.3 is 30.6 Å². The summed E-state index contributed by atoms with van der Waals surface area (Å²) in [7, 11) is 0. The van der Waals surface area contributed by atoms with Crippen molar-refractivity contribution in [1.82, 2.24) is 0 Å². The molecule has 84 heavy (non-hydrogen) atoms. The molecule has 6 heteroatoms. The molecule has 0 unspecified atom stereocenters. The summed E-state index contributed by atoms with van der Waals surface area (Å²) < 4.78 is 0. The molecule has 0 saturated heterocycles. The van der Waals surface area contributed by atoms with Gasteiger partial charge in [-0.05, 0) is 210 Å². The maximum absolute atomic E-state index is 13.0. The van der Waals surface area contributed by atoms with Gasteiger partial charge >= 0.3 is 0 Å². The number of benzene rings is 6. The summed E-state index contributed by atoms with van der Waals surface area (Å²) in [5, 5.41) is 77.8. The van der Waals surface area contributed by atoms with Crippen LogP contribution in [-0.2, 0) is 71.0 Å². The molecule has 0 aliphatic heterocycles. The van der Waals surface area contributed by atoms with E-state index in [0.717, 1.165) is 221 Å². The van der Waals surface area contributed by atoms with Crippen LogP contribution in [0.25, 0.3) is 0 Å². The molecular weight excluding hydrogens is 1030 g/mol. The van der Waals surface area contributed by atoms with Crippen LogP contribution in [0.4, 0.5) is 0 Å². The van der Waals surface area contributed by atoms with Crippen molar-refractivity contribution in [2.45, 2.75) is 267 Å². The van der Waals surface area contributed by atoms with Gasteiger partial charge in [0.1, 0.15) is 34.5 Å². The van der Waals surface area contributed by atoms with Gasteiger partial charge in [0.25, 0.3) is 0 Å². The molecule has 12 bridgehead atoms. The Balaban J connectivity index is 1.06. The molecule has 6 saturated carbocycles. The molecule has 6 aromatic rings. The lowest BCUT2D eigenvalue weighted by Crippen LogP contribution is -2.19. The smallest absolute Gasteiger partial charge is 0.122 e. The zero-order valence-corrected chi connectivity index (χ0v) is 51.8. The van der Waals surface area contributed by atoms with Crippen molar-refractivity contribution in [2.24, 2.45) is 0 Å². The van der Waals surface area contributed by atoms with Crippen LogP contribution in [0.1, 0.15) is 296 Å². The quantitative estimate of drug-likeness (QED) is 0.0987. The average molecular weight is 1130 g/mol. The monoisotopic (exact) mass is 1130 g/mol. The van der Waals surface area contributed by atoms with Crippen LogP contribution < -0.4 is 0 Å². The molecule has 0 radical (unpaired) electrons. The Morgan fingerprint density at radius 2 is 0.286 bits per heavy atom. The first-order valence-corrected chi connectivity index (χ1v) is 33.3. The van der Waals surface area contributed by atoms with E-state index in [1.165, 1.54) is 33.4 Å². The van der Waals surface area contributed by atoms with Crippen molar-refractivity contribution in [1.29, 1.82) is 0 Å². The molecule has 6 N–H and O–H groups in total. The zero-order valence-electron chi connectivity index (χ0n) is 51.8. The summed E-state index contributed by atoms with van der Waals surface area (Å²) in [5.74, 6) is 1.27. The lowest BCUT2D eigenvalue weighted by Gasteiger charge is -2.29. The minimum atomic E-state index is -0.0852. The van der Waals surface area contributed by atoms with E-state index >= 15 is 0 Å². The van der Waals surface area contributed by atoms with Crippen molar-refractivity contribution in [3.63, 3.8) is 0 Å². The lowest BCUT2D eigenvalue weighted by molar-refractivity contribution is 0.445. The maximum atomic E-state index is 13.0. The SMILES string of the molecule is CC1(c2cc3c(O)c(c2)Cc2cc(C4(C)CCCC4)cc(c2O)Cc2cc(C4(C)CCCC4)cc(c2O)Cc2cc(C4(C)CCCC4)cc(c2O)Cc2cc(C4(C)CCCC4)cc(c2O)Cc2cc(C4(C)CCCC4)cc(c2O)C3)CCCC1. The number of rotatable bonds is 6. The van der Waals surface area contributed by atoms with Crippen LogP contribution in [0, 0.1) is 0 Å². The second kappa shape index (κ2) is 21.5. The van der Waals surface area contributed by atoms with Crippen molar-refractivity contribution < 1.29 is 30.6 Å². The molecule has 444 valence electrons. The Morgan fingerprint density at radius 3 is 0.381 bits per heavy atom. The second-order valence-corrected chi connectivity index (χ2v) is 30.5. The highest BCUT2D eigenvalue weighted by molar-refractivity contribution is 5.61. The van der Waals surface area contributed by atoms with Gasteiger partial charge in [-0.15, -0.1) is 0 Å². The highest BCUT2D eigenvalue weighted by Gasteiger charge is 2.39. The third-order valence-corrected chi connectivity index (χ3v) is 24.3. The summed E-state index contributed by atoms with van der Waals surface area (Å²) in [6.07, 6.45) is 28.4. The van der Waals surface area contributed by atoms with Crippen molar-refractivity contribution in [3.8, 4) is 34.5 Å². The van der Waals surface area contributed by atoms with Crippen molar-refractivity contribution >= 4 is 0 Å². The average Bonchev–Trinajstić information content (AvgIpc) is 4.25. The van der Waals surface area contributed by atoms with E-state index in [-0.39, 0.29) is 67.0 Å². The number of phenols is 6. The summed E-state index contributed by atoms with van der Waals surface area (Å²) in [6, 6.07) is 26.7. The van der Waals surface area contributed by atoms with Crippen LogP contribution in [0.15, 0.2) is 72.8 Å². The Hall–Kier alpha value is -5.88. The Kier molecular flexibility index (Phi) is 14.7. The van der Waals surface area contributed by atoms with E-state index in [1.54, 1.807) is 0 Å². The second-order valence-electron chi connectivity index (χ2n) is 30.5. The third kappa shape index (κ3) is 10.3. The summed E-state index contributed by atoms with van der Waals surface area (Å²) >= 11 is 0. The molecule has 0 spiro atoms. The minimum absolute atomic E-state index is 0.0852. The van der Waals surface area contributed by atoms with Crippen LogP contribution in [0.5, 0.6) is 34.5 Å². The molecule has 13 rings (SSSR count). The van der Waals surface area contributed by atoms with E-state index in [2.05, 4.69) is 114 Å². The Bertz CT molecular complexity index is 2780. The van der Waals surface area contributed by atoms with Crippen LogP contribution in [0.3, 0.4) is 0 Å². The molecule has 0 aromatic heterocycles. The first-order valence-electron chi connectivity index (χ1n) is 33.3. The van der Waals surface area contributed by atoms with Crippen LogP contribution in [0.2, 0.25) is 0 Å². The zero-order chi connectivity index (χ0) is 58.6.